The zero-order valence-electron chi connectivity index (χ0n) is 10.2. The maximum atomic E-state index is 13.4. The molecular weight excluding hydrogens is 257 g/mol. The Labute approximate surface area is 107 Å². The average Bonchev–Trinajstić information content (AvgIpc) is 2.79. The molecule has 0 aliphatic carbocycles. The predicted molar refractivity (Wildman–Crippen MR) is 62.2 cm³/mol. The van der Waals surface area contributed by atoms with Gasteiger partial charge in [-0.15, -0.1) is 0 Å². The molecule has 19 heavy (non-hydrogen) atoms. The van der Waals surface area contributed by atoms with E-state index in [1.807, 2.05) is 0 Å². The Morgan fingerprint density at radius 1 is 1.26 bits per heavy atom. The van der Waals surface area contributed by atoms with Crippen molar-refractivity contribution in [3.63, 3.8) is 0 Å². The van der Waals surface area contributed by atoms with Crippen LogP contribution in [-0.4, -0.2) is 15.6 Å². The van der Waals surface area contributed by atoms with Gasteiger partial charge >= 0.3 is 0 Å². The standard InChI is InChI=1S/C13H11F3N2O/c1-18-7-8(6-17-18)2-5-11(19)9-3-4-10(14)13(16)12(9)15/h3-4,6-7H,2,5H2,1H3. The van der Waals surface area contributed by atoms with Gasteiger partial charge in [0.25, 0.3) is 0 Å². The summed E-state index contributed by atoms with van der Waals surface area (Å²) in [5, 5.41) is 3.93. The number of halogens is 3. The summed E-state index contributed by atoms with van der Waals surface area (Å²) in [6.45, 7) is 0. The van der Waals surface area contributed by atoms with E-state index in [4.69, 9.17) is 0 Å². The maximum absolute atomic E-state index is 13.4. The van der Waals surface area contributed by atoms with E-state index in [0.29, 0.717) is 6.42 Å². The second-order valence-corrected chi connectivity index (χ2v) is 4.17. The number of nitrogens with zero attached hydrogens (tertiary/aromatic N) is 2. The lowest BCUT2D eigenvalue weighted by Crippen LogP contribution is -2.06. The molecule has 2 aromatic rings. The molecule has 0 radical (unpaired) electrons. The molecule has 1 aromatic carbocycles. The molecule has 6 heteroatoms. The van der Waals surface area contributed by atoms with Gasteiger partial charge in [0.2, 0.25) is 0 Å². The molecule has 100 valence electrons. The maximum Gasteiger partial charge on any atom is 0.195 e. The van der Waals surface area contributed by atoms with Gasteiger partial charge in [0, 0.05) is 19.7 Å². The molecule has 0 fully saturated rings. The average molecular weight is 268 g/mol. The second-order valence-electron chi connectivity index (χ2n) is 4.17. The van der Waals surface area contributed by atoms with Gasteiger partial charge in [0.05, 0.1) is 11.8 Å². The van der Waals surface area contributed by atoms with Crippen LogP contribution in [0, 0.1) is 17.5 Å². The van der Waals surface area contributed by atoms with Crippen LogP contribution in [-0.2, 0) is 13.5 Å². The van der Waals surface area contributed by atoms with E-state index in [-0.39, 0.29) is 6.42 Å². The highest BCUT2D eigenvalue weighted by atomic mass is 19.2. The molecule has 0 amide bonds. The number of hydrogen-bond donors (Lipinski definition) is 0. The molecular formula is C13H11F3N2O. The molecule has 0 saturated heterocycles. The summed E-state index contributed by atoms with van der Waals surface area (Å²) in [4.78, 5) is 11.8. The van der Waals surface area contributed by atoms with Crippen LogP contribution in [0.3, 0.4) is 0 Å². The van der Waals surface area contributed by atoms with Crippen molar-refractivity contribution in [2.24, 2.45) is 7.05 Å². The third-order valence-electron chi connectivity index (χ3n) is 2.73. The Hall–Kier alpha value is -2.11. The Morgan fingerprint density at radius 3 is 2.63 bits per heavy atom. The summed E-state index contributed by atoms with van der Waals surface area (Å²) in [6.07, 6.45) is 3.70. The largest absolute Gasteiger partial charge is 0.294 e. The summed E-state index contributed by atoms with van der Waals surface area (Å²) >= 11 is 0. The Bertz CT molecular complexity index is 622. The Balaban J connectivity index is 2.10. The molecule has 1 aromatic heterocycles. The number of ketones is 1. The topological polar surface area (TPSA) is 34.9 Å². The van der Waals surface area contributed by atoms with Crippen LogP contribution < -0.4 is 0 Å². The van der Waals surface area contributed by atoms with E-state index in [1.54, 1.807) is 24.1 Å². The zero-order valence-corrected chi connectivity index (χ0v) is 10.2. The first kappa shape index (κ1) is 13.3. The number of benzene rings is 1. The van der Waals surface area contributed by atoms with E-state index < -0.39 is 28.8 Å². The van der Waals surface area contributed by atoms with Crippen molar-refractivity contribution in [2.45, 2.75) is 12.8 Å². The minimum Gasteiger partial charge on any atom is -0.294 e. The van der Waals surface area contributed by atoms with E-state index in [2.05, 4.69) is 5.10 Å². The number of hydrogen-bond acceptors (Lipinski definition) is 2. The van der Waals surface area contributed by atoms with Crippen molar-refractivity contribution in [2.75, 3.05) is 0 Å². The lowest BCUT2D eigenvalue weighted by Gasteiger charge is -2.03. The Morgan fingerprint density at radius 2 is 2.00 bits per heavy atom. The first-order valence-corrected chi connectivity index (χ1v) is 5.63. The van der Waals surface area contributed by atoms with Crippen molar-refractivity contribution in [1.82, 2.24) is 9.78 Å². The van der Waals surface area contributed by atoms with E-state index in [9.17, 15) is 18.0 Å². The number of aryl methyl sites for hydroxylation is 2. The van der Waals surface area contributed by atoms with E-state index >= 15 is 0 Å². The summed E-state index contributed by atoms with van der Waals surface area (Å²) in [5.74, 6) is -4.93. The summed E-state index contributed by atoms with van der Waals surface area (Å²) < 4.78 is 40.7. The summed E-state index contributed by atoms with van der Waals surface area (Å²) in [6, 6.07) is 1.70. The number of carbonyl (C=O) groups excluding carboxylic acids is 1. The quantitative estimate of drug-likeness (QED) is 0.631. The normalized spacial score (nSPS) is 10.7. The third kappa shape index (κ3) is 2.83. The van der Waals surface area contributed by atoms with Gasteiger partial charge in [-0.25, -0.2) is 13.2 Å². The van der Waals surface area contributed by atoms with Crippen molar-refractivity contribution < 1.29 is 18.0 Å². The molecule has 1 heterocycles. The first-order chi connectivity index (χ1) is 8.99. The summed E-state index contributed by atoms with van der Waals surface area (Å²) in [5.41, 5.74) is 0.390. The fourth-order valence-corrected chi connectivity index (χ4v) is 1.73. The van der Waals surface area contributed by atoms with Gasteiger partial charge in [-0.05, 0) is 24.1 Å². The molecule has 0 aliphatic rings. The van der Waals surface area contributed by atoms with Crippen molar-refractivity contribution >= 4 is 5.78 Å². The number of Topliss-reactive ketones (excluding diaryl/α,β-unsaturated/α-hetero) is 1. The van der Waals surface area contributed by atoms with Gasteiger partial charge in [-0.3, -0.25) is 9.48 Å². The molecule has 0 N–H and O–H groups in total. The number of rotatable bonds is 4. The van der Waals surface area contributed by atoms with Gasteiger partial charge in [0.15, 0.2) is 23.2 Å². The van der Waals surface area contributed by atoms with Crippen LogP contribution in [0.25, 0.3) is 0 Å². The highest BCUT2D eigenvalue weighted by Gasteiger charge is 2.18. The SMILES string of the molecule is Cn1cc(CCC(=O)c2ccc(F)c(F)c2F)cn1. The molecule has 0 atom stereocenters. The second kappa shape index (κ2) is 5.26. The van der Waals surface area contributed by atoms with Gasteiger partial charge in [0.1, 0.15) is 0 Å². The monoisotopic (exact) mass is 268 g/mol. The van der Waals surface area contributed by atoms with Crippen molar-refractivity contribution in [3.8, 4) is 0 Å². The fourth-order valence-electron chi connectivity index (χ4n) is 1.73. The van der Waals surface area contributed by atoms with Crippen LogP contribution in [0.1, 0.15) is 22.3 Å². The van der Waals surface area contributed by atoms with Crippen LogP contribution >= 0.6 is 0 Å². The van der Waals surface area contributed by atoms with Crippen LogP contribution in [0.5, 0.6) is 0 Å². The molecule has 3 nitrogen and oxygen atoms in total. The van der Waals surface area contributed by atoms with Gasteiger partial charge in [-0.2, -0.15) is 5.10 Å². The van der Waals surface area contributed by atoms with Crippen LogP contribution in [0.15, 0.2) is 24.5 Å². The lowest BCUT2D eigenvalue weighted by molar-refractivity contribution is 0.0977. The molecule has 0 aliphatic heterocycles. The smallest absolute Gasteiger partial charge is 0.195 e. The molecule has 0 bridgehead atoms. The van der Waals surface area contributed by atoms with E-state index in [1.165, 1.54) is 0 Å². The minimum absolute atomic E-state index is 0.00762. The molecule has 2 rings (SSSR count). The van der Waals surface area contributed by atoms with Crippen molar-refractivity contribution in [1.29, 1.82) is 0 Å². The molecule has 0 unspecified atom stereocenters. The van der Waals surface area contributed by atoms with Gasteiger partial charge < -0.3 is 0 Å². The fraction of sp³-hybridized carbons (Fsp3) is 0.231. The predicted octanol–water partition coefficient (Wildman–Crippen LogP) is 2.65. The van der Waals surface area contributed by atoms with E-state index in [0.717, 1.165) is 17.7 Å². The van der Waals surface area contributed by atoms with Crippen LogP contribution in [0.4, 0.5) is 13.2 Å². The Kier molecular flexibility index (Phi) is 3.69. The van der Waals surface area contributed by atoms with Crippen LogP contribution in [0.2, 0.25) is 0 Å². The summed E-state index contributed by atoms with van der Waals surface area (Å²) in [7, 11) is 1.74. The highest BCUT2D eigenvalue weighted by Crippen LogP contribution is 2.17. The van der Waals surface area contributed by atoms with Gasteiger partial charge in [-0.1, -0.05) is 0 Å². The minimum atomic E-state index is -1.62. The number of carbonyl (C=O) groups is 1. The zero-order chi connectivity index (χ0) is 14.0. The van der Waals surface area contributed by atoms with Crippen molar-refractivity contribution in [3.05, 3.63) is 53.1 Å². The first-order valence-electron chi connectivity index (χ1n) is 5.63. The number of aromatic nitrogens is 2. The highest BCUT2D eigenvalue weighted by molar-refractivity contribution is 5.96. The molecule has 0 saturated carbocycles. The third-order valence-corrected chi connectivity index (χ3v) is 2.73. The lowest BCUT2D eigenvalue weighted by atomic mass is 10.0. The molecule has 0 spiro atoms.